The molecule has 1 amide bonds. The summed E-state index contributed by atoms with van der Waals surface area (Å²) in [4.78, 5) is 21.9. The number of morpholine rings is 1. The minimum atomic E-state index is -0.469. The Morgan fingerprint density at radius 1 is 1.38 bits per heavy atom. The summed E-state index contributed by atoms with van der Waals surface area (Å²) in [5.74, 6) is 0.758. The van der Waals surface area contributed by atoms with Crippen molar-refractivity contribution in [2.75, 3.05) is 53.0 Å². The molecule has 0 aromatic carbocycles. The average Bonchev–Trinajstić information content (AvgIpc) is 3.16. The number of nitrogens with one attached hydrogen (secondary N) is 2. The van der Waals surface area contributed by atoms with E-state index in [0.29, 0.717) is 13.1 Å². The molecule has 2 aliphatic rings. The second-order valence-electron chi connectivity index (χ2n) is 8.36. The van der Waals surface area contributed by atoms with Crippen molar-refractivity contribution in [2.24, 2.45) is 4.99 Å². The molecule has 0 spiro atoms. The van der Waals surface area contributed by atoms with Crippen molar-refractivity contribution in [3.05, 3.63) is 22.4 Å². The minimum Gasteiger partial charge on any atom is -0.444 e. The van der Waals surface area contributed by atoms with E-state index >= 15 is 0 Å². The SMILES string of the molecule is CN=C(NCC(c1cccs1)N1CCOCC1)NC1CN(C(=O)OC(C)(C)C)C1. The second-order valence-corrected chi connectivity index (χ2v) is 9.34. The molecular weight excluding hydrogens is 390 g/mol. The molecule has 1 unspecified atom stereocenters. The third-order valence-corrected chi connectivity index (χ3v) is 5.89. The summed E-state index contributed by atoms with van der Waals surface area (Å²) in [5, 5.41) is 8.99. The van der Waals surface area contributed by atoms with E-state index < -0.39 is 5.60 Å². The predicted octanol–water partition coefficient (Wildman–Crippen LogP) is 1.91. The fourth-order valence-electron chi connectivity index (χ4n) is 3.41. The molecule has 2 fully saturated rings. The van der Waals surface area contributed by atoms with Gasteiger partial charge in [-0.05, 0) is 32.2 Å². The molecule has 1 atom stereocenters. The molecule has 29 heavy (non-hydrogen) atoms. The zero-order valence-electron chi connectivity index (χ0n) is 17.8. The van der Waals surface area contributed by atoms with Crippen molar-refractivity contribution in [2.45, 2.75) is 38.5 Å². The van der Waals surface area contributed by atoms with Crippen molar-refractivity contribution in [3.63, 3.8) is 0 Å². The van der Waals surface area contributed by atoms with Crippen molar-refractivity contribution in [1.29, 1.82) is 0 Å². The van der Waals surface area contributed by atoms with Crippen LogP contribution in [-0.2, 0) is 9.47 Å². The Balaban J connectivity index is 1.48. The maximum absolute atomic E-state index is 12.1. The van der Waals surface area contributed by atoms with Gasteiger partial charge in [-0.15, -0.1) is 11.3 Å². The number of aliphatic imine (C=N–C) groups is 1. The van der Waals surface area contributed by atoms with E-state index in [1.54, 1.807) is 23.3 Å². The van der Waals surface area contributed by atoms with Gasteiger partial charge < -0.3 is 25.0 Å². The standard InChI is InChI=1S/C20H33N5O3S/c1-20(2,3)28-19(26)25-13-15(14-25)23-18(21-4)22-12-16(17-6-5-11-29-17)24-7-9-27-10-8-24/h5-6,11,15-16H,7-10,12-14H2,1-4H3,(H2,21,22,23). The topological polar surface area (TPSA) is 78.4 Å². The van der Waals surface area contributed by atoms with Gasteiger partial charge in [-0.25, -0.2) is 4.79 Å². The largest absolute Gasteiger partial charge is 0.444 e. The maximum Gasteiger partial charge on any atom is 0.410 e. The Kier molecular flexibility index (Phi) is 7.37. The normalized spacial score (nSPS) is 20.1. The third-order valence-electron chi connectivity index (χ3n) is 4.92. The third kappa shape index (κ3) is 6.32. The molecular formula is C20H33N5O3S. The summed E-state index contributed by atoms with van der Waals surface area (Å²) in [7, 11) is 1.77. The molecule has 0 radical (unpaired) electrons. The van der Waals surface area contributed by atoms with Gasteiger partial charge in [-0.3, -0.25) is 9.89 Å². The Bertz CT molecular complexity index is 677. The van der Waals surface area contributed by atoms with Gasteiger partial charge in [0.05, 0.1) is 25.3 Å². The average molecular weight is 424 g/mol. The zero-order chi connectivity index (χ0) is 20.9. The minimum absolute atomic E-state index is 0.178. The molecule has 0 aliphatic carbocycles. The highest BCUT2D eigenvalue weighted by molar-refractivity contribution is 7.10. The Morgan fingerprint density at radius 2 is 2.10 bits per heavy atom. The zero-order valence-corrected chi connectivity index (χ0v) is 18.6. The van der Waals surface area contributed by atoms with Crippen LogP contribution in [0.15, 0.2) is 22.5 Å². The summed E-state index contributed by atoms with van der Waals surface area (Å²) < 4.78 is 10.9. The lowest BCUT2D eigenvalue weighted by atomic mass is 10.1. The lowest BCUT2D eigenvalue weighted by molar-refractivity contribution is 0.00688. The lowest BCUT2D eigenvalue weighted by Crippen LogP contribution is -2.63. The number of likely N-dealkylation sites (tertiary alicyclic amines) is 1. The Morgan fingerprint density at radius 3 is 2.69 bits per heavy atom. The van der Waals surface area contributed by atoms with E-state index in [-0.39, 0.29) is 18.2 Å². The molecule has 1 aromatic rings. The molecule has 3 heterocycles. The summed E-state index contributed by atoms with van der Waals surface area (Å²) in [6, 6.07) is 4.75. The number of carbonyl (C=O) groups excluding carboxylic acids is 1. The van der Waals surface area contributed by atoms with Crippen LogP contribution in [0.25, 0.3) is 0 Å². The molecule has 9 heteroatoms. The van der Waals surface area contributed by atoms with E-state index in [2.05, 4.69) is 38.0 Å². The number of rotatable bonds is 5. The molecule has 2 aliphatic heterocycles. The molecule has 162 valence electrons. The van der Waals surface area contributed by atoms with E-state index in [4.69, 9.17) is 9.47 Å². The van der Waals surface area contributed by atoms with E-state index in [9.17, 15) is 4.79 Å². The highest BCUT2D eigenvalue weighted by atomic mass is 32.1. The summed E-state index contributed by atoms with van der Waals surface area (Å²) in [5.41, 5.74) is -0.469. The summed E-state index contributed by atoms with van der Waals surface area (Å²) in [6.07, 6.45) is -0.261. The van der Waals surface area contributed by atoms with Crippen LogP contribution >= 0.6 is 11.3 Å². The summed E-state index contributed by atoms with van der Waals surface area (Å²) in [6.45, 7) is 11.1. The highest BCUT2D eigenvalue weighted by Crippen LogP contribution is 2.25. The highest BCUT2D eigenvalue weighted by Gasteiger charge is 2.34. The maximum atomic E-state index is 12.1. The van der Waals surface area contributed by atoms with Crippen LogP contribution < -0.4 is 10.6 Å². The molecule has 8 nitrogen and oxygen atoms in total. The van der Waals surface area contributed by atoms with Gasteiger partial charge in [0, 0.05) is 44.6 Å². The number of hydrogen-bond donors (Lipinski definition) is 2. The van der Waals surface area contributed by atoms with Crippen LogP contribution in [0.2, 0.25) is 0 Å². The monoisotopic (exact) mass is 423 g/mol. The number of carbonyl (C=O) groups is 1. The molecule has 1 aromatic heterocycles. The fraction of sp³-hybridized carbons (Fsp3) is 0.700. The Hall–Kier alpha value is -1.84. The van der Waals surface area contributed by atoms with Gasteiger partial charge >= 0.3 is 6.09 Å². The van der Waals surface area contributed by atoms with Crippen LogP contribution in [0.5, 0.6) is 0 Å². The van der Waals surface area contributed by atoms with Crippen LogP contribution in [-0.4, -0.2) is 86.5 Å². The van der Waals surface area contributed by atoms with Gasteiger partial charge in [-0.1, -0.05) is 6.07 Å². The fourth-order valence-corrected chi connectivity index (χ4v) is 4.27. The van der Waals surface area contributed by atoms with Crippen molar-refractivity contribution >= 4 is 23.4 Å². The number of thiophene rings is 1. The van der Waals surface area contributed by atoms with E-state index in [1.165, 1.54) is 4.88 Å². The number of hydrogen-bond acceptors (Lipinski definition) is 6. The molecule has 0 saturated carbocycles. The van der Waals surface area contributed by atoms with Gasteiger partial charge in [0.15, 0.2) is 5.96 Å². The number of nitrogens with zero attached hydrogens (tertiary/aromatic N) is 3. The lowest BCUT2D eigenvalue weighted by Gasteiger charge is -2.40. The Labute approximate surface area is 177 Å². The smallest absolute Gasteiger partial charge is 0.410 e. The summed E-state index contributed by atoms with van der Waals surface area (Å²) >= 11 is 1.78. The van der Waals surface area contributed by atoms with Crippen LogP contribution in [0.4, 0.5) is 4.79 Å². The quantitative estimate of drug-likeness (QED) is 0.556. The first-order valence-corrected chi connectivity index (χ1v) is 11.0. The van der Waals surface area contributed by atoms with Crippen LogP contribution in [0.3, 0.4) is 0 Å². The van der Waals surface area contributed by atoms with Crippen LogP contribution in [0.1, 0.15) is 31.7 Å². The number of amides is 1. The van der Waals surface area contributed by atoms with Gasteiger partial charge in [0.25, 0.3) is 0 Å². The number of ether oxygens (including phenoxy) is 2. The van der Waals surface area contributed by atoms with Crippen molar-refractivity contribution in [1.82, 2.24) is 20.4 Å². The van der Waals surface area contributed by atoms with E-state index in [1.807, 2.05) is 20.8 Å². The molecule has 2 saturated heterocycles. The van der Waals surface area contributed by atoms with Gasteiger partial charge in [0.2, 0.25) is 0 Å². The van der Waals surface area contributed by atoms with Gasteiger partial charge in [0.1, 0.15) is 5.60 Å². The van der Waals surface area contributed by atoms with Gasteiger partial charge in [-0.2, -0.15) is 0 Å². The molecule has 0 bridgehead atoms. The van der Waals surface area contributed by atoms with Crippen molar-refractivity contribution < 1.29 is 14.3 Å². The van der Waals surface area contributed by atoms with Crippen LogP contribution in [0, 0.1) is 0 Å². The molecule has 3 rings (SSSR count). The first-order chi connectivity index (χ1) is 13.9. The van der Waals surface area contributed by atoms with E-state index in [0.717, 1.165) is 38.8 Å². The van der Waals surface area contributed by atoms with Crippen molar-refractivity contribution in [3.8, 4) is 0 Å². The second kappa shape index (κ2) is 9.77. The molecule has 2 N–H and O–H groups in total. The number of guanidine groups is 1. The predicted molar refractivity (Wildman–Crippen MR) is 116 cm³/mol. The first kappa shape index (κ1) is 21.9. The first-order valence-electron chi connectivity index (χ1n) is 10.2.